The smallest absolute Gasteiger partial charge is 0.274 e. The second-order valence-corrected chi connectivity index (χ2v) is 4.22. The summed E-state index contributed by atoms with van der Waals surface area (Å²) in [4.78, 5) is 17.7. The molecule has 1 heterocycles. The SMILES string of the molecule is Cc1cc(OCc2ncc(N)c(=O)[nH]2)ccc1Cl. The summed E-state index contributed by atoms with van der Waals surface area (Å²) in [6.45, 7) is 2.05. The number of aromatic amines is 1. The van der Waals surface area contributed by atoms with Gasteiger partial charge in [-0.2, -0.15) is 0 Å². The molecule has 0 aliphatic heterocycles. The highest BCUT2D eigenvalue weighted by Gasteiger charge is 2.02. The monoisotopic (exact) mass is 265 g/mol. The predicted octanol–water partition coefficient (Wildman–Crippen LogP) is 1.89. The lowest BCUT2D eigenvalue weighted by atomic mass is 10.2. The topological polar surface area (TPSA) is 81.0 Å². The number of ether oxygens (including phenoxy) is 1. The van der Waals surface area contributed by atoms with Gasteiger partial charge in [0, 0.05) is 5.02 Å². The largest absolute Gasteiger partial charge is 0.486 e. The molecule has 0 fully saturated rings. The summed E-state index contributed by atoms with van der Waals surface area (Å²) in [6, 6.07) is 5.33. The Morgan fingerprint density at radius 2 is 2.28 bits per heavy atom. The molecule has 0 atom stereocenters. The van der Waals surface area contributed by atoms with Gasteiger partial charge in [0.05, 0.1) is 6.20 Å². The molecule has 0 aliphatic rings. The lowest BCUT2D eigenvalue weighted by Gasteiger charge is -2.07. The van der Waals surface area contributed by atoms with Crippen LogP contribution in [0.2, 0.25) is 5.02 Å². The first-order valence-corrected chi connectivity index (χ1v) is 5.66. The van der Waals surface area contributed by atoms with Crippen LogP contribution in [0.25, 0.3) is 0 Å². The van der Waals surface area contributed by atoms with Gasteiger partial charge in [0.2, 0.25) is 0 Å². The number of aromatic nitrogens is 2. The van der Waals surface area contributed by atoms with E-state index in [4.69, 9.17) is 22.1 Å². The van der Waals surface area contributed by atoms with Crippen molar-refractivity contribution in [3.05, 3.63) is 51.2 Å². The van der Waals surface area contributed by atoms with Crippen molar-refractivity contribution in [1.29, 1.82) is 0 Å². The van der Waals surface area contributed by atoms with E-state index in [1.807, 2.05) is 13.0 Å². The third-order valence-electron chi connectivity index (χ3n) is 2.38. The summed E-state index contributed by atoms with van der Waals surface area (Å²) in [6.07, 6.45) is 1.31. The number of nitrogens with zero attached hydrogens (tertiary/aromatic N) is 1. The fourth-order valence-electron chi connectivity index (χ4n) is 1.37. The lowest BCUT2D eigenvalue weighted by molar-refractivity contribution is 0.295. The van der Waals surface area contributed by atoms with Crippen LogP contribution in [-0.4, -0.2) is 9.97 Å². The van der Waals surface area contributed by atoms with E-state index in [-0.39, 0.29) is 17.9 Å². The molecule has 3 N–H and O–H groups in total. The van der Waals surface area contributed by atoms with Crippen LogP contribution in [0.5, 0.6) is 5.75 Å². The normalized spacial score (nSPS) is 10.3. The minimum absolute atomic E-state index is 0.0843. The van der Waals surface area contributed by atoms with E-state index in [0.29, 0.717) is 16.6 Å². The zero-order chi connectivity index (χ0) is 13.1. The summed E-state index contributed by atoms with van der Waals surface area (Å²) in [5, 5.41) is 0.682. The van der Waals surface area contributed by atoms with Crippen molar-refractivity contribution >= 4 is 17.3 Å². The van der Waals surface area contributed by atoms with E-state index in [1.165, 1.54) is 6.20 Å². The number of nitrogens with one attached hydrogen (secondary N) is 1. The van der Waals surface area contributed by atoms with Gasteiger partial charge < -0.3 is 15.5 Å². The van der Waals surface area contributed by atoms with E-state index in [0.717, 1.165) is 5.56 Å². The molecule has 6 heteroatoms. The maximum Gasteiger partial charge on any atom is 0.274 e. The van der Waals surface area contributed by atoms with Crippen molar-refractivity contribution in [3.8, 4) is 5.75 Å². The van der Waals surface area contributed by atoms with Gasteiger partial charge in [0.1, 0.15) is 23.9 Å². The highest BCUT2D eigenvalue weighted by atomic mass is 35.5. The van der Waals surface area contributed by atoms with Crippen molar-refractivity contribution in [3.63, 3.8) is 0 Å². The summed E-state index contributed by atoms with van der Waals surface area (Å²) in [5.74, 6) is 1.08. The quantitative estimate of drug-likeness (QED) is 0.888. The Balaban J connectivity index is 2.09. The van der Waals surface area contributed by atoms with Crippen LogP contribution in [-0.2, 0) is 6.61 Å². The van der Waals surface area contributed by atoms with Crippen molar-refractivity contribution in [1.82, 2.24) is 9.97 Å². The molecule has 0 spiro atoms. The molecule has 0 aliphatic carbocycles. The number of H-pyrrole nitrogens is 1. The second kappa shape index (κ2) is 5.10. The van der Waals surface area contributed by atoms with Crippen molar-refractivity contribution in [2.75, 3.05) is 5.73 Å². The molecule has 1 aromatic heterocycles. The number of hydrogen-bond acceptors (Lipinski definition) is 4. The first-order valence-electron chi connectivity index (χ1n) is 5.29. The fourth-order valence-corrected chi connectivity index (χ4v) is 1.49. The van der Waals surface area contributed by atoms with Gasteiger partial charge in [-0.05, 0) is 30.7 Å². The number of benzene rings is 1. The van der Waals surface area contributed by atoms with Gasteiger partial charge in [0.25, 0.3) is 5.56 Å². The Kier molecular flexibility index (Phi) is 3.53. The Bertz CT molecular complexity index is 625. The standard InChI is InChI=1S/C12H12ClN3O2/c1-7-4-8(2-3-9(7)13)18-6-11-15-5-10(14)12(17)16-11/h2-5H,6,14H2,1H3,(H,15,16,17). The number of hydrogen-bond donors (Lipinski definition) is 2. The van der Waals surface area contributed by atoms with Gasteiger partial charge in [-0.1, -0.05) is 11.6 Å². The number of aryl methyl sites for hydroxylation is 1. The second-order valence-electron chi connectivity index (χ2n) is 3.81. The van der Waals surface area contributed by atoms with Crippen LogP contribution in [0.3, 0.4) is 0 Å². The Labute approximate surface area is 109 Å². The zero-order valence-corrected chi connectivity index (χ0v) is 10.5. The number of rotatable bonds is 3. The van der Waals surface area contributed by atoms with Gasteiger partial charge in [0.15, 0.2) is 0 Å². The van der Waals surface area contributed by atoms with Crippen LogP contribution in [0, 0.1) is 6.92 Å². The number of nitrogens with two attached hydrogens (primary N) is 1. The first-order chi connectivity index (χ1) is 8.56. The first kappa shape index (κ1) is 12.4. The Hall–Kier alpha value is -2.01. The molecule has 0 saturated carbocycles. The molecule has 1 aromatic carbocycles. The maximum absolute atomic E-state index is 11.3. The van der Waals surface area contributed by atoms with E-state index in [1.54, 1.807) is 12.1 Å². The maximum atomic E-state index is 11.3. The van der Waals surface area contributed by atoms with Crippen LogP contribution < -0.4 is 16.0 Å². The zero-order valence-electron chi connectivity index (χ0n) is 9.74. The molecule has 0 bridgehead atoms. The minimum Gasteiger partial charge on any atom is -0.486 e. The predicted molar refractivity (Wildman–Crippen MR) is 69.8 cm³/mol. The molecule has 0 saturated heterocycles. The minimum atomic E-state index is -0.365. The molecule has 94 valence electrons. The van der Waals surface area contributed by atoms with Crippen molar-refractivity contribution in [2.45, 2.75) is 13.5 Å². The Morgan fingerprint density at radius 3 is 2.94 bits per heavy atom. The third-order valence-corrected chi connectivity index (χ3v) is 2.81. The van der Waals surface area contributed by atoms with Crippen LogP contribution >= 0.6 is 11.6 Å². The highest BCUT2D eigenvalue weighted by molar-refractivity contribution is 6.31. The van der Waals surface area contributed by atoms with Crippen molar-refractivity contribution in [2.24, 2.45) is 0 Å². The average Bonchev–Trinajstić information content (AvgIpc) is 2.35. The molecular formula is C12H12ClN3O2. The molecule has 18 heavy (non-hydrogen) atoms. The van der Waals surface area contributed by atoms with Crippen LogP contribution in [0.15, 0.2) is 29.2 Å². The molecule has 0 amide bonds. The fraction of sp³-hybridized carbons (Fsp3) is 0.167. The lowest BCUT2D eigenvalue weighted by Crippen LogP contribution is -2.16. The van der Waals surface area contributed by atoms with Crippen LogP contribution in [0.1, 0.15) is 11.4 Å². The van der Waals surface area contributed by atoms with Gasteiger partial charge in [-0.25, -0.2) is 4.98 Å². The third kappa shape index (κ3) is 2.81. The number of halogens is 1. The van der Waals surface area contributed by atoms with E-state index in [9.17, 15) is 4.79 Å². The molecule has 2 aromatic rings. The van der Waals surface area contributed by atoms with Crippen molar-refractivity contribution < 1.29 is 4.74 Å². The highest BCUT2D eigenvalue weighted by Crippen LogP contribution is 2.21. The summed E-state index contributed by atoms with van der Waals surface area (Å²) < 4.78 is 5.49. The Morgan fingerprint density at radius 1 is 1.50 bits per heavy atom. The van der Waals surface area contributed by atoms with Gasteiger partial charge in [-0.3, -0.25) is 4.79 Å². The summed E-state index contributed by atoms with van der Waals surface area (Å²) in [5.41, 5.74) is 6.01. The number of anilines is 1. The molecule has 5 nitrogen and oxygen atoms in total. The summed E-state index contributed by atoms with van der Waals surface area (Å²) >= 11 is 5.91. The molecule has 2 rings (SSSR count). The van der Waals surface area contributed by atoms with Gasteiger partial charge in [-0.15, -0.1) is 0 Å². The molecule has 0 radical (unpaired) electrons. The molecular weight excluding hydrogens is 254 g/mol. The van der Waals surface area contributed by atoms with E-state index >= 15 is 0 Å². The average molecular weight is 266 g/mol. The number of nitrogen functional groups attached to an aromatic ring is 1. The molecule has 0 unspecified atom stereocenters. The van der Waals surface area contributed by atoms with E-state index < -0.39 is 0 Å². The van der Waals surface area contributed by atoms with Gasteiger partial charge >= 0.3 is 0 Å². The van der Waals surface area contributed by atoms with E-state index in [2.05, 4.69) is 9.97 Å². The summed E-state index contributed by atoms with van der Waals surface area (Å²) in [7, 11) is 0. The van der Waals surface area contributed by atoms with Crippen LogP contribution in [0.4, 0.5) is 5.69 Å².